The Bertz CT molecular complexity index is 370. The second-order valence-corrected chi connectivity index (χ2v) is 8.24. The average Bonchev–Trinajstić information content (AvgIpc) is 2.45. The van der Waals surface area contributed by atoms with Gasteiger partial charge in [-0.15, -0.1) is 0 Å². The molecule has 0 unspecified atom stereocenters. The number of rotatable bonds is 9. The third kappa shape index (κ3) is 5.85. The van der Waals surface area contributed by atoms with Crippen molar-refractivity contribution in [3.8, 4) is 0 Å². The summed E-state index contributed by atoms with van der Waals surface area (Å²) in [6.07, 6.45) is 3.66. The van der Waals surface area contributed by atoms with E-state index in [1.54, 1.807) is 8.61 Å². The summed E-state index contributed by atoms with van der Waals surface area (Å²) in [5.74, 6) is 0.602. The van der Waals surface area contributed by atoms with Gasteiger partial charge in [-0.1, -0.05) is 27.7 Å². The van der Waals surface area contributed by atoms with Crippen molar-refractivity contribution in [1.29, 1.82) is 0 Å². The van der Waals surface area contributed by atoms with Crippen molar-refractivity contribution in [2.24, 2.45) is 5.92 Å². The van der Waals surface area contributed by atoms with Crippen LogP contribution < -0.4 is 5.32 Å². The van der Waals surface area contributed by atoms with Crippen LogP contribution in [0.25, 0.3) is 0 Å². The van der Waals surface area contributed by atoms with Crippen LogP contribution in [0.2, 0.25) is 0 Å². The first-order valence-corrected chi connectivity index (χ1v) is 9.80. The van der Waals surface area contributed by atoms with Gasteiger partial charge in [0, 0.05) is 32.2 Å². The number of nitrogens with one attached hydrogen (secondary N) is 1. The lowest BCUT2D eigenvalue weighted by Gasteiger charge is -2.35. The third-order valence-electron chi connectivity index (χ3n) is 3.99. The summed E-state index contributed by atoms with van der Waals surface area (Å²) < 4.78 is 28.7. The van der Waals surface area contributed by atoms with E-state index in [9.17, 15) is 8.42 Å². The van der Waals surface area contributed by atoms with Gasteiger partial charge in [-0.2, -0.15) is 17.0 Å². The summed E-state index contributed by atoms with van der Waals surface area (Å²) in [6, 6.07) is 0.497. The van der Waals surface area contributed by atoms with Crippen molar-refractivity contribution in [2.75, 3.05) is 32.7 Å². The molecule has 1 aliphatic heterocycles. The molecule has 126 valence electrons. The van der Waals surface area contributed by atoms with Gasteiger partial charge in [-0.05, 0) is 38.1 Å². The molecule has 5 nitrogen and oxygen atoms in total. The van der Waals surface area contributed by atoms with Crippen LogP contribution in [0.5, 0.6) is 0 Å². The van der Waals surface area contributed by atoms with Gasteiger partial charge in [-0.25, -0.2) is 0 Å². The summed E-state index contributed by atoms with van der Waals surface area (Å²) in [6.45, 7) is 11.9. The Hall–Kier alpha value is -0.170. The van der Waals surface area contributed by atoms with E-state index in [0.717, 1.165) is 32.2 Å². The minimum absolute atomic E-state index is 0.497. The van der Waals surface area contributed by atoms with Crippen LogP contribution in [-0.4, -0.2) is 55.8 Å². The molecule has 1 heterocycles. The van der Waals surface area contributed by atoms with Gasteiger partial charge < -0.3 is 5.32 Å². The van der Waals surface area contributed by atoms with Crippen LogP contribution in [0.4, 0.5) is 0 Å². The third-order valence-corrected chi connectivity index (χ3v) is 6.02. The molecule has 1 fully saturated rings. The van der Waals surface area contributed by atoms with Gasteiger partial charge in [-0.3, -0.25) is 0 Å². The lowest BCUT2D eigenvalue weighted by Crippen LogP contribution is -2.48. The molecule has 1 saturated heterocycles. The summed E-state index contributed by atoms with van der Waals surface area (Å²) in [5, 5.41) is 3.45. The Labute approximate surface area is 131 Å². The Morgan fingerprint density at radius 3 is 2.10 bits per heavy atom. The second-order valence-electron chi connectivity index (χ2n) is 6.31. The standard InChI is InChI=1S/C15H33N3O2S/c1-5-9-17(10-6-2)21(19,20)18-11-7-15(8-12-18)13-16-14(3)4/h14-16H,5-13H2,1-4H3. The molecule has 0 bridgehead atoms. The maximum absolute atomic E-state index is 12.7. The smallest absolute Gasteiger partial charge is 0.281 e. The topological polar surface area (TPSA) is 52.7 Å². The molecule has 0 amide bonds. The van der Waals surface area contributed by atoms with Crippen molar-refractivity contribution in [3.05, 3.63) is 0 Å². The van der Waals surface area contributed by atoms with Gasteiger partial charge in [0.05, 0.1) is 0 Å². The molecule has 6 heteroatoms. The lowest BCUT2D eigenvalue weighted by molar-refractivity contribution is 0.246. The summed E-state index contributed by atoms with van der Waals surface area (Å²) in [4.78, 5) is 0. The van der Waals surface area contributed by atoms with Gasteiger partial charge in [0.15, 0.2) is 0 Å². The van der Waals surface area contributed by atoms with E-state index in [1.165, 1.54) is 0 Å². The minimum atomic E-state index is -3.26. The van der Waals surface area contributed by atoms with Crippen molar-refractivity contribution in [3.63, 3.8) is 0 Å². The molecule has 0 atom stereocenters. The van der Waals surface area contributed by atoms with Crippen molar-refractivity contribution >= 4 is 10.2 Å². The molecular weight excluding hydrogens is 286 g/mol. The molecule has 0 aromatic rings. The number of nitrogens with zero attached hydrogens (tertiary/aromatic N) is 2. The zero-order valence-electron chi connectivity index (χ0n) is 14.1. The fraction of sp³-hybridized carbons (Fsp3) is 1.00. The molecular formula is C15H33N3O2S. The normalized spacial score (nSPS) is 18.8. The van der Waals surface area contributed by atoms with Crippen LogP contribution in [0.3, 0.4) is 0 Å². The molecule has 1 N–H and O–H groups in total. The molecule has 0 saturated carbocycles. The van der Waals surface area contributed by atoms with Crippen LogP contribution in [-0.2, 0) is 10.2 Å². The molecule has 0 radical (unpaired) electrons. The SMILES string of the molecule is CCCN(CCC)S(=O)(=O)N1CCC(CNC(C)C)CC1. The predicted octanol–water partition coefficient (Wildman–Crippen LogP) is 2.06. The van der Waals surface area contributed by atoms with E-state index in [4.69, 9.17) is 0 Å². The maximum Gasteiger partial charge on any atom is 0.281 e. The Morgan fingerprint density at radius 2 is 1.67 bits per heavy atom. The van der Waals surface area contributed by atoms with Crippen molar-refractivity contribution in [2.45, 2.75) is 59.4 Å². The summed E-state index contributed by atoms with van der Waals surface area (Å²) in [7, 11) is -3.26. The number of piperidine rings is 1. The highest BCUT2D eigenvalue weighted by molar-refractivity contribution is 7.86. The first kappa shape index (κ1) is 18.9. The van der Waals surface area contributed by atoms with Gasteiger partial charge in [0.25, 0.3) is 10.2 Å². The van der Waals surface area contributed by atoms with Crippen molar-refractivity contribution < 1.29 is 8.42 Å². The Morgan fingerprint density at radius 1 is 1.14 bits per heavy atom. The van der Waals surface area contributed by atoms with E-state index in [0.29, 0.717) is 38.1 Å². The van der Waals surface area contributed by atoms with E-state index >= 15 is 0 Å². The molecule has 0 spiro atoms. The van der Waals surface area contributed by atoms with Gasteiger partial charge >= 0.3 is 0 Å². The zero-order valence-corrected chi connectivity index (χ0v) is 15.0. The largest absolute Gasteiger partial charge is 0.314 e. The number of hydrogen-bond donors (Lipinski definition) is 1. The molecule has 0 aromatic carbocycles. The van der Waals surface area contributed by atoms with Crippen LogP contribution in [0, 0.1) is 5.92 Å². The lowest BCUT2D eigenvalue weighted by atomic mass is 9.98. The van der Waals surface area contributed by atoms with Gasteiger partial charge in [0.2, 0.25) is 0 Å². The fourth-order valence-corrected chi connectivity index (χ4v) is 4.58. The predicted molar refractivity (Wildman–Crippen MR) is 88.5 cm³/mol. The Kier molecular flexibility index (Phi) is 8.16. The monoisotopic (exact) mass is 319 g/mol. The molecule has 1 rings (SSSR count). The van der Waals surface area contributed by atoms with Crippen LogP contribution in [0.15, 0.2) is 0 Å². The summed E-state index contributed by atoms with van der Waals surface area (Å²) in [5.41, 5.74) is 0. The first-order chi connectivity index (χ1) is 9.91. The first-order valence-electron chi connectivity index (χ1n) is 8.40. The fourth-order valence-electron chi connectivity index (χ4n) is 2.75. The van der Waals surface area contributed by atoms with Crippen LogP contribution >= 0.6 is 0 Å². The van der Waals surface area contributed by atoms with Gasteiger partial charge in [0.1, 0.15) is 0 Å². The average molecular weight is 320 g/mol. The quantitative estimate of drug-likeness (QED) is 0.708. The molecule has 1 aliphatic rings. The maximum atomic E-state index is 12.7. The molecule has 21 heavy (non-hydrogen) atoms. The summed E-state index contributed by atoms with van der Waals surface area (Å²) >= 11 is 0. The van der Waals surface area contributed by atoms with Crippen molar-refractivity contribution in [1.82, 2.24) is 13.9 Å². The zero-order chi connectivity index (χ0) is 15.9. The highest BCUT2D eigenvalue weighted by Gasteiger charge is 2.31. The Balaban J connectivity index is 2.54. The van der Waals surface area contributed by atoms with E-state index in [-0.39, 0.29) is 0 Å². The highest BCUT2D eigenvalue weighted by atomic mass is 32.2. The highest BCUT2D eigenvalue weighted by Crippen LogP contribution is 2.21. The number of hydrogen-bond acceptors (Lipinski definition) is 3. The molecule has 0 aromatic heterocycles. The second kappa shape index (κ2) is 9.08. The minimum Gasteiger partial charge on any atom is -0.314 e. The van der Waals surface area contributed by atoms with E-state index < -0.39 is 10.2 Å². The van der Waals surface area contributed by atoms with E-state index in [2.05, 4.69) is 19.2 Å². The molecule has 0 aliphatic carbocycles. The van der Waals surface area contributed by atoms with Crippen LogP contribution in [0.1, 0.15) is 53.4 Å². The van der Waals surface area contributed by atoms with E-state index in [1.807, 2.05) is 13.8 Å².